The van der Waals surface area contributed by atoms with Gasteiger partial charge in [0.1, 0.15) is 0 Å². The predicted octanol–water partition coefficient (Wildman–Crippen LogP) is 0.902. The highest BCUT2D eigenvalue weighted by Gasteiger charge is 2.18. The third-order valence-electron chi connectivity index (χ3n) is 1.59. The molecular formula is C9H15NO2. The molecule has 0 spiro atoms. The van der Waals surface area contributed by atoms with Gasteiger partial charge < -0.3 is 5.32 Å². The van der Waals surface area contributed by atoms with Gasteiger partial charge in [-0.15, -0.1) is 0 Å². The molecule has 0 rings (SSSR count). The molecular weight excluding hydrogens is 154 g/mol. The van der Waals surface area contributed by atoms with E-state index in [0.717, 1.165) is 6.08 Å². The number of rotatable bonds is 4. The lowest BCUT2D eigenvalue weighted by Crippen LogP contribution is -2.42. The number of nitrogens with one attached hydrogen (secondary N) is 1. The van der Waals surface area contributed by atoms with E-state index in [-0.39, 0.29) is 17.6 Å². The van der Waals surface area contributed by atoms with Crippen LogP contribution >= 0.6 is 0 Å². The number of hydrogen-bond acceptors (Lipinski definition) is 2. The minimum atomic E-state index is -0.393. The van der Waals surface area contributed by atoms with Crippen molar-refractivity contribution in [3.8, 4) is 0 Å². The van der Waals surface area contributed by atoms with E-state index in [1.807, 2.05) is 13.8 Å². The average molecular weight is 169 g/mol. The maximum Gasteiger partial charge on any atom is 0.243 e. The molecule has 0 aliphatic rings. The Balaban J connectivity index is 4.23. The van der Waals surface area contributed by atoms with Gasteiger partial charge in [-0.1, -0.05) is 20.4 Å². The number of hydrogen-bond donors (Lipinski definition) is 1. The molecule has 0 aliphatic carbocycles. The molecule has 68 valence electrons. The van der Waals surface area contributed by atoms with Crippen LogP contribution in [0.4, 0.5) is 0 Å². The molecule has 0 saturated heterocycles. The molecule has 1 atom stereocenters. The van der Waals surface area contributed by atoms with Crippen molar-refractivity contribution in [1.82, 2.24) is 5.32 Å². The van der Waals surface area contributed by atoms with E-state index in [0.29, 0.717) is 0 Å². The molecule has 0 aromatic heterocycles. The number of ketones is 1. The summed E-state index contributed by atoms with van der Waals surface area (Å²) < 4.78 is 0. The van der Waals surface area contributed by atoms with Crippen LogP contribution in [0.5, 0.6) is 0 Å². The van der Waals surface area contributed by atoms with Crippen LogP contribution in [0.25, 0.3) is 0 Å². The van der Waals surface area contributed by atoms with Crippen LogP contribution in [0, 0.1) is 5.92 Å². The molecule has 1 N–H and O–H groups in total. The molecule has 0 radical (unpaired) electrons. The summed E-state index contributed by atoms with van der Waals surface area (Å²) >= 11 is 0. The van der Waals surface area contributed by atoms with Gasteiger partial charge in [-0.05, 0) is 18.9 Å². The Bertz CT molecular complexity index is 197. The van der Waals surface area contributed by atoms with Crippen molar-refractivity contribution < 1.29 is 9.59 Å². The summed E-state index contributed by atoms with van der Waals surface area (Å²) in [4.78, 5) is 21.8. The number of Topliss-reactive ketones (excluding diaryl/α,β-unsaturated/α-hetero) is 1. The molecule has 0 aromatic rings. The van der Waals surface area contributed by atoms with E-state index in [4.69, 9.17) is 0 Å². The van der Waals surface area contributed by atoms with Crippen molar-refractivity contribution in [1.29, 1.82) is 0 Å². The van der Waals surface area contributed by atoms with Crippen molar-refractivity contribution in [2.45, 2.75) is 26.8 Å². The van der Waals surface area contributed by atoms with Gasteiger partial charge in [0.25, 0.3) is 0 Å². The van der Waals surface area contributed by atoms with Gasteiger partial charge in [-0.2, -0.15) is 0 Å². The Morgan fingerprint density at radius 1 is 1.42 bits per heavy atom. The van der Waals surface area contributed by atoms with Gasteiger partial charge in [0.15, 0.2) is 5.78 Å². The number of carbonyl (C=O) groups is 2. The second-order valence-corrected chi connectivity index (χ2v) is 3.05. The first kappa shape index (κ1) is 10.9. The van der Waals surface area contributed by atoms with Crippen molar-refractivity contribution in [2.75, 3.05) is 0 Å². The van der Waals surface area contributed by atoms with Gasteiger partial charge in [0.2, 0.25) is 5.91 Å². The highest BCUT2D eigenvalue weighted by molar-refractivity contribution is 5.92. The smallest absolute Gasteiger partial charge is 0.243 e. The van der Waals surface area contributed by atoms with E-state index in [9.17, 15) is 9.59 Å². The van der Waals surface area contributed by atoms with Gasteiger partial charge in [0.05, 0.1) is 6.04 Å². The van der Waals surface area contributed by atoms with Crippen LogP contribution in [0.3, 0.4) is 0 Å². The topological polar surface area (TPSA) is 46.2 Å². The first-order chi connectivity index (χ1) is 5.49. The highest BCUT2D eigenvalue weighted by Crippen LogP contribution is 2.02. The lowest BCUT2D eigenvalue weighted by molar-refractivity contribution is -0.125. The standard InChI is InChI=1S/C9H15NO2/c1-5-8(12)10-9(6(2)3)7(4)11/h5-6,9H,1H2,2-4H3,(H,10,12)/t9-/m1/s1. The van der Waals surface area contributed by atoms with Crippen LogP contribution in [0.1, 0.15) is 20.8 Å². The fourth-order valence-corrected chi connectivity index (χ4v) is 0.950. The second kappa shape index (κ2) is 4.70. The zero-order chi connectivity index (χ0) is 9.72. The van der Waals surface area contributed by atoms with Crippen molar-refractivity contribution in [3.63, 3.8) is 0 Å². The van der Waals surface area contributed by atoms with Crippen LogP contribution < -0.4 is 5.32 Å². The number of carbonyl (C=O) groups excluding carboxylic acids is 2. The van der Waals surface area contributed by atoms with Crippen LogP contribution in [-0.4, -0.2) is 17.7 Å². The molecule has 12 heavy (non-hydrogen) atoms. The zero-order valence-corrected chi connectivity index (χ0v) is 7.76. The molecule has 0 aliphatic heterocycles. The summed E-state index contributed by atoms with van der Waals surface area (Å²) in [5.74, 6) is -0.212. The van der Waals surface area contributed by atoms with Crippen LogP contribution in [-0.2, 0) is 9.59 Å². The third-order valence-corrected chi connectivity index (χ3v) is 1.59. The molecule has 3 heteroatoms. The first-order valence-corrected chi connectivity index (χ1v) is 3.92. The third kappa shape index (κ3) is 3.32. The van der Waals surface area contributed by atoms with Crippen LogP contribution in [0.2, 0.25) is 0 Å². The Kier molecular flexibility index (Phi) is 4.26. The molecule has 0 unspecified atom stereocenters. The fraction of sp³-hybridized carbons (Fsp3) is 0.556. The van der Waals surface area contributed by atoms with Gasteiger partial charge in [-0.3, -0.25) is 9.59 Å². The van der Waals surface area contributed by atoms with Crippen LogP contribution in [0.15, 0.2) is 12.7 Å². The summed E-state index contributed by atoms with van der Waals surface area (Å²) in [6.07, 6.45) is 1.16. The minimum Gasteiger partial charge on any atom is -0.343 e. The largest absolute Gasteiger partial charge is 0.343 e. The quantitative estimate of drug-likeness (QED) is 0.635. The monoisotopic (exact) mass is 169 g/mol. The van der Waals surface area contributed by atoms with Gasteiger partial charge in [0, 0.05) is 0 Å². The van der Waals surface area contributed by atoms with E-state index in [2.05, 4.69) is 11.9 Å². The number of amides is 1. The van der Waals surface area contributed by atoms with Gasteiger partial charge in [-0.25, -0.2) is 0 Å². The molecule has 0 heterocycles. The summed E-state index contributed by atoms with van der Waals surface area (Å²) in [6.45, 7) is 8.54. The average Bonchev–Trinajstić information content (AvgIpc) is 1.98. The summed E-state index contributed by atoms with van der Waals surface area (Å²) in [7, 11) is 0. The normalized spacial score (nSPS) is 12.3. The highest BCUT2D eigenvalue weighted by atomic mass is 16.2. The molecule has 0 fully saturated rings. The lowest BCUT2D eigenvalue weighted by atomic mass is 10.0. The zero-order valence-electron chi connectivity index (χ0n) is 7.76. The lowest BCUT2D eigenvalue weighted by Gasteiger charge is -2.18. The van der Waals surface area contributed by atoms with E-state index < -0.39 is 6.04 Å². The van der Waals surface area contributed by atoms with Gasteiger partial charge >= 0.3 is 0 Å². The maximum absolute atomic E-state index is 11.0. The van der Waals surface area contributed by atoms with Crippen molar-refractivity contribution in [3.05, 3.63) is 12.7 Å². The van der Waals surface area contributed by atoms with Crippen molar-refractivity contribution >= 4 is 11.7 Å². The SMILES string of the molecule is C=CC(=O)N[C@@H](C(C)=O)C(C)C. The summed E-state index contributed by atoms with van der Waals surface area (Å²) in [5, 5.41) is 2.56. The molecule has 0 bridgehead atoms. The fourth-order valence-electron chi connectivity index (χ4n) is 0.950. The Morgan fingerprint density at radius 3 is 2.17 bits per heavy atom. The van der Waals surface area contributed by atoms with E-state index >= 15 is 0 Å². The minimum absolute atomic E-state index is 0.0276. The second-order valence-electron chi connectivity index (χ2n) is 3.05. The molecule has 0 aromatic carbocycles. The Morgan fingerprint density at radius 2 is 1.92 bits per heavy atom. The van der Waals surface area contributed by atoms with E-state index in [1.54, 1.807) is 0 Å². The van der Waals surface area contributed by atoms with Crippen molar-refractivity contribution in [2.24, 2.45) is 5.92 Å². The maximum atomic E-state index is 11.0. The summed E-state index contributed by atoms with van der Waals surface area (Å²) in [6, 6.07) is -0.393. The summed E-state index contributed by atoms with van der Waals surface area (Å²) in [5.41, 5.74) is 0. The molecule has 0 saturated carbocycles. The first-order valence-electron chi connectivity index (χ1n) is 3.92. The Hall–Kier alpha value is -1.12. The molecule has 3 nitrogen and oxygen atoms in total. The van der Waals surface area contributed by atoms with E-state index in [1.165, 1.54) is 6.92 Å². The molecule has 1 amide bonds. The predicted molar refractivity (Wildman–Crippen MR) is 47.6 cm³/mol. The Labute approximate surface area is 72.8 Å².